The smallest absolute Gasteiger partial charge is 0.333 e. The summed E-state index contributed by atoms with van der Waals surface area (Å²) in [6.45, 7) is 2.99. The molecule has 0 radical (unpaired) electrons. The fourth-order valence-electron chi connectivity index (χ4n) is 4.79. The first-order chi connectivity index (χ1) is 17.9. The summed E-state index contributed by atoms with van der Waals surface area (Å²) >= 11 is 0. The molecule has 0 unspecified atom stereocenters. The summed E-state index contributed by atoms with van der Waals surface area (Å²) in [4.78, 5) is 33.4. The zero-order valence-corrected chi connectivity index (χ0v) is 20.8. The normalized spacial score (nSPS) is 13.8. The number of ether oxygens (including phenoxy) is 2. The Balaban J connectivity index is 1.57. The molecular formula is C26H25N7O4. The first kappa shape index (κ1) is 22.9. The van der Waals surface area contributed by atoms with Gasteiger partial charge in [0.05, 0.1) is 60.0 Å². The van der Waals surface area contributed by atoms with Gasteiger partial charge in [-0.1, -0.05) is 6.07 Å². The molecule has 1 aliphatic heterocycles. The molecular weight excluding hydrogens is 474 g/mol. The van der Waals surface area contributed by atoms with Gasteiger partial charge < -0.3 is 19.5 Å². The van der Waals surface area contributed by atoms with Gasteiger partial charge in [0.25, 0.3) is 0 Å². The molecule has 1 aromatic carbocycles. The minimum absolute atomic E-state index is 0.197. The van der Waals surface area contributed by atoms with Crippen LogP contribution in [-0.4, -0.2) is 67.6 Å². The first-order valence-electron chi connectivity index (χ1n) is 11.8. The second kappa shape index (κ2) is 8.56. The number of imidazole rings is 1. The molecule has 188 valence electrons. The van der Waals surface area contributed by atoms with Crippen molar-refractivity contribution in [3.8, 4) is 28.7 Å². The van der Waals surface area contributed by atoms with Gasteiger partial charge in [0.1, 0.15) is 5.82 Å². The molecule has 0 atom stereocenters. The van der Waals surface area contributed by atoms with Crippen LogP contribution in [0.25, 0.3) is 38.8 Å². The zero-order valence-electron chi connectivity index (χ0n) is 20.8. The van der Waals surface area contributed by atoms with E-state index >= 15 is 0 Å². The second-order valence-corrected chi connectivity index (χ2v) is 9.01. The van der Waals surface area contributed by atoms with Crippen molar-refractivity contribution in [1.82, 2.24) is 29.1 Å². The lowest BCUT2D eigenvalue weighted by Gasteiger charge is -2.37. The van der Waals surface area contributed by atoms with Crippen molar-refractivity contribution >= 4 is 27.8 Å². The maximum absolute atomic E-state index is 13.5. The van der Waals surface area contributed by atoms with E-state index in [4.69, 9.17) is 14.5 Å². The maximum atomic E-state index is 13.5. The van der Waals surface area contributed by atoms with E-state index in [-0.39, 0.29) is 17.8 Å². The molecule has 11 nitrogen and oxygen atoms in total. The predicted octanol–water partition coefficient (Wildman–Crippen LogP) is 2.24. The molecule has 0 amide bonds. The first-order valence-corrected chi connectivity index (χ1v) is 11.8. The fourth-order valence-corrected chi connectivity index (χ4v) is 4.79. The minimum atomic E-state index is -0.328. The number of aromatic nitrogens is 6. The molecule has 5 heterocycles. The summed E-state index contributed by atoms with van der Waals surface area (Å²) in [7, 11) is 4.77. The van der Waals surface area contributed by atoms with Gasteiger partial charge in [0, 0.05) is 31.7 Å². The van der Waals surface area contributed by atoms with Crippen LogP contribution in [0.2, 0.25) is 0 Å². The number of methoxy groups -OCH3 is 2. The SMILES string of the molecule is COc1ncc(-c2ccc3ncc4c(c3c2)n(-c2ccc(N3CC(O)C3)nc2C)c(=O)n4C)c(OC)n1. The summed E-state index contributed by atoms with van der Waals surface area (Å²) in [5.41, 5.74) is 4.85. The van der Waals surface area contributed by atoms with E-state index in [9.17, 15) is 9.90 Å². The molecule has 1 fully saturated rings. The number of rotatable bonds is 5. The lowest BCUT2D eigenvalue weighted by molar-refractivity contribution is 0.141. The topological polar surface area (TPSA) is 120 Å². The van der Waals surface area contributed by atoms with Crippen LogP contribution in [0.4, 0.5) is 5.82 Å². The summed E-state index contributed by atoms with van der Waals surface area (Å²) in [5, 5.41) is 10.4. The van der Waals surface area contributed by atoms with Gasteiger partial charge in [-0.05, 0) is 36.8 Å². The van der Waals surface area contributed by atoms with E-state index in [1.165, 1.54) is 7.11 Å². The van der Waals surface area contributed by atoms with E-state index in [2.05, 4.69) is 15.0 Å². The van der Waals surface area contributed by atoms with Crippen molar-refractivity contribution in [2.24, 2.45) is 7.05 Å². The third kappa shape index (κ3) is 3.58. The van der Waals surface area contributed by atoms with Crippen molar-refractivity contribution < 1.29 is 14.6 Å². The predicted molar refractivity (Wildman–Crippen MR) is 139 cm³/mol. The van der Waals surface area contributed by atoms with E-state index in [1.54, 1.807) is 35.7 Å². The van der Waals surface area contributed by atoms with E-state index in [0.717, 1.165) is 27.8 Å². The summed E-state index contributed by atoms with van der Waals surface area (Å²) in [5.74, 6) is 1.16. The maximum Gasteiger partial charge on any atom is 0.333 e. The van der Waals surface area contributed by atoms with Crippen LogP contribution < -0.4 is 20.1 Å². The lowest BCUT2D eigenvalue weighted by atomic mass is 10.0. The van der Waals surface area contributed by atoms with Crippen molar-refractivity contribution in [2.45, 2.75) is 13.0 Å². The van der Waals surface area contributed by atoms with Crippen LogP contribution in [-0.2, 0) is 7.05 Å². The van der Waals surface area contributed by atoms with Crippen LogP contribution in [0.15, 0.2) is 47.5 Å². The van der Waals surface area contributed by atoms with Crippen molar-refractivity contribution in [1.29, 1.82) is 0 Å². The molecule has 11 heteroatoms. The number of aryl methyl sites for hydroxylation is 2. The van der Waals surface area contributed by atoms with E-state index in [1.807, 2.05) is 42.2 Å². The highest BCUT2D eigenvalue weighted by molar-refractivity contribution is 6.04. The average molecular weight is 500 g/mol. The number of pyridine rings is 2. The van der Waals surface area contributed by atoms with Crippen LogP contribution in [0.1, 0.15) is 5.69 Å². The molecule has 1 aliphatic rings. The number of aliphatic hydroxyl groups is 1. The highest BCUT2D eigenvalue weighted by Gasteiger charge is 2.26. The van der Waals surface area contributed by atoms with Gasteiger partial charge in [-0.25, -0.2) is 14.8 Å². The van der Waals surface area contributed by atoms with Gasteiger partial charge in [-0.15, -0.1) is 0 Å². The summed E-state index contributed by atoms with van der Waals surface area (Å²) in [6, 6.07) is 9.78. The number of aliphatic hydroxyl groups excluding tert-OH is 1. The Kier molecular flexibility index (Phi) is 5.30. The molecule has 0 spiro atoms. The van der Waals surface area contributed by atoms with Crippen molar-refractivity contribution in [3.63, 3.8) is 0 Å². The van der Waals surface area contributed by atoms with Crippen LogP contribution in [0.5, 0.6) is 11.9 Å². The number of benzene rings is 1. The van der Waals surface area contributed by atoms with Gasteiger partial charge in [-0.3, -0.25) is 14.1 Å². The summed E-state index contributed by atoms with van der Waals surface area (Å²) < 4.78 is 13.9. The molecule has 0 saturated carbocycles. The number of fused-ring (bicyclic) bond motifs is 3. The molecule has 0 aliphatic carbocycles. The lowest BCUT2D eigenvalue weighted by Crippen LogP contribution is -2.51. The van der Waals surface area contributed by atoms with Gasteiger partial charge in [-0.2, -0.15) is 4.98 Å². The van der Waals surface area contributed by atoms with Crippen LogP contribution >= 0.6 is 0 Å². The zero-order chi connectivity index (χ0) is 25.8. The second-order valence-electron chi connectivity index (χ2n) is 9.01. The standard InChI is InChI=1S/C26H25N7O4/c1-14-20(7-8-22(29-14)32-12-16(34)13-32)33-23-17-9-15(18-10-28-25(37-4)30-24(18)36-3)5-6-19(17)27-11-21(23)31(2)26(33)35/h5-11,16,34H,12-13H2,1-4H3. The highest BCUT2D eigenvalue weighted by atomic mass is 16.5. The number of nitrogens with zero attached hydrogens (tertiary/aromatic N) is 7. The number of hydrogen-bond donors (Lipinski definition) is 1. The average Bonchev–Trinajstić information content (AvgIpc) is 3.16. The van der Waals surface area contributed by atoms with Gasteiger partial charge >= 0.3 is 11.7 Å². The molecule has 4 aromatic heterocycles. The van der Waals surface area contributed by atoms with Crippen LogP contribution in [0, 0.1) is 6.92 Å². The quantitative estimate of drug-likeness (QED) is 0.388. The van der Waals surface area contributed by atoms with Gasteiger partial charge in [0.2, 0.25) is 5.88 Å². The molecule has 0 bridgehead atoms. The molecule has 6 rings (SSSR count). The molecule has 5 aromatic rings. The minimum Gasteiger partial charge on any atom is -0.480 e. The van der Waals surface area contributed by atoms with Crippen LogP contribution in [0.3, 0.4) is 0 Å². The largest absolute Gasteiger partial charge is 0.480 e. The van der Waals surface area contributed by atoms with E-state index < -0.39 is 0 Å². The Hall–Kier alpha value is -4.51. The number of hydrogen-bond acceptors (Lipinski definition) is 9. The molecule has 1 saturated heterocycles. The Morgan fingerprint density at radius 1 is 1.03 bits per heavy atom. The Morgan fingerprint density at radius 3 is 2.54 bits per heavy atom. The molecule has 1 N–H and O–H groups in total. The fraction of sp³-hybridized carbons (Fsp3) is 0.269. The number of anilines is 1. The van der Waals surface area contributed by atoms with E-state index in [0.29, 0.717) is 41.4 Å². The third-order valence-electron chi connectivity index (χ3n) is 6.77. The third-order valence-corrected chi connectivity index (χ3v) is 6.77. The van der Waals surface area contributed by atoms with Crippen molar-refractivity contribution in [3.05, 3.63) is 58.9 Å². The summed E-state index contributed by atoms with van der Waals surface area (Å²) in [6.07, 6.45) is 3.03. The Bertz CT molecular complexity index is 1740. The Labute approximate surface area is 211 Å². The Morgan fingerprint density at radius 2 is 1.84 bits per heavy atom. The highest BCUT2D eigenvalue weighted by Crippen LogP contribution is 2.34. The number of β-amino-alcohol motifs (C(OH)–C–C–N with tert-alkyl or cyclic N) is 1. The monoisotopic (exact) mass is 499 g/mol. The van der Waals surface area contributed by atoms with Crippen molar-refractivity contribution in [2.75, 3.05) is 32.2 Å². The van der Waals surface area contributed by atoms with Gasteiger partial charge in [0.15, 0.2) is 0 Å². The molecule has 37 heavy (non-hydrogen) atoms.